The molecule has 1 amide bonds. The Bertz CT molecular complexity index is 1350. The van der Waals surface area contributed by atoms with Crippen LogP contribution in [-0.4, -0.2) is 48.3 Å². The van der Waals surface area contributed by atoms with Gasteiger partial charge in [-0.2, -0.15) is 5.26 Å². The zero-order chi connectivity index (χ0) is 24.1. The lowest BCUT2D eigenvalue weighted by Crippen LogP contribution is -2.49. The number of amides is 1. The van der Waals surface area contributed by atoms with E-state index >= 15 is 0 Å². The number of hydrogen-bond acceptors (Lipinski definition) is 5. The number of anilines is 1. The molecule has 168 valence electrons. The molecule has 1 aromatic heterocycles. The van der Waals surface area contributed by atoms with Crippen LogP contribution in [0.2, 0.25) is 0 Å². The number of pyridine rings is 1. The Hall–Kier alpha value is -4.56. The summed E-state index contributed by atoms with van der Waals surface area (Å²) in [5.41, 5.74) is 1.09. The van der Waals surface area contributed by atoms with Crippen LogP contribution in [0.3, 0.4) is 0 Å². The molecule has 0 aliphatic carbocycles. The average Bonchev–Trinajstić information content (AvgIpc) is 2.89. The van der Waals surface area contributed by atoms with E-state index in [-0.39, 0.29) is 17.8 Å². The molecule has 1 aliphatic rings. The van der Waals surface area contributed by atoms with E-state index < -0.39 is 17.2 Å². The van der Waals surface area contributed by atoms with Gasteiger partial charge in [0.05, 0.1) is 11.1 Å². The number of piperazine rings is 1. The Kier molecular flexibility index (Phi) is 6.61. The van der Waals surface area contributed by atoms with Crippen LogP contribution < -0.4 is 4.90 Å². The third-order valence-electron chi connectivity index (χ3n) is 5.47. The predicted octanol–water partition coefficient (Wildman–Crippen LogP) is 3.41. The van der Waals surface area contributed by atoms with E-state index in [4.69, 9.17) is 5.26 Å². The number of carbonyl (C=O) groups is 2. The maximum absolute atomic E-state index is 13.8. The van der Waals surface area contributed by atoms with Gasteiger partial charge in [-0.05, 0) is 42.5 Å². The summed E-state index contributed by atoms with van der Waals surface area (Å²) in [5, 5.41) is 8.90. The second-order valence-electron chi connectivity index (χ2n) is 7.57. The third-order valence-corrected chi connectivity index (χ3v) is 5.47. The number of nitrogens with zero attached hydrogens (tertiary/aromatic N) is 4. The zero-order valence-corrected chi connectivity index (χ0v) is 18.0. The molecule has 1 aliphatic heterocycles. The summed E-state index contributed by atoms with van der Waals surface area (Å²) in [6, 6.07) is 14.4. The summed E-state index contributed by atoms with van der Waals surface area (Å²) in [6.45, 7) is 2.23. The Morgan fingerprint density at radius 3 is 2.47 bits per heavy atom. The summed E-state index contributed by atoms with van der Waals surface area (Å²) in [5.74, 6) is 3.76. The van der Waals surface area contributed by atoms with Gasteiger partial charge in [0, 0.05) is 49.1 Å². The van der Waals surface area contributed by atoms with Crippen molar-refractivity contribution in [1.82, 2.24) is 9.88 Å². The highest BCUT2D eigenvalue weighted by Crippen LogP contribution is 2.17. The summed E-state index contributed by atoms with van der Waals surface area (Å²) in [7, 11) is 0. The van der Waals surface area contributed by atoms with Crippen LogP contribution in [0.1, 0.15) is 37.4 Å². The van der Waals surface area contributed by atoms with E-state index in [2.05, 4.69) is 21.7 Å². The predicted molar refractivity (Wildman–Crippen MR) is 121 cm³/mol. The molecule has 3 aromatic rings. The minimum atomic E-state index is -1.24. The van der Waals surface area contributed by atoms with Crippen LogP contribution in [0, 0.1) is 34.8 Å². The van der Waals surface area contributed by atoms with Crippen LogP contribution in [0.4, 0.5) is 14.6 Å². The van der Waals surface area contributed by atoms with Crippen molar-refractivity contribution in [2.24, 2.45) is 0 Å². The van der Waals surface area contributed by atoms with E-state index in [9.17, 15) is 18.4 Å². The number of aldehydes is 1. The lowest BCUT2D eigenvalue weighted by atomic mass is 10.1. The van der Waals surface area contributed by atoms with Gasteiger partial charge < -0.3 is 9.80 Å². The first-order valence-electron chi connectivity index (χ1n) is 10.5. The molecule has 0 saturated carbocycles. The smallest absolute Gasteiger partial charge is 0.254 e. The van der Waals surface area contributed by atoms with Gasteiger partial charge >= 0.3 is 0 Å². The van der Waals surface area contributed by atoms with Gasteiger partial charge in [-0.15, -0.1) is 0 Å². The molecule has 2 aromatic carbocycles. The van der Waals surface area contributed by atoms with Crippen LogP contribution >= 0.6 is 0 Å². The summed E-state index contributed by atoms with van der Waals surface area (Å²) in [4.78, 5) is 32.2. The molecule has 0 unspecified atom stereocenters. The van der Waals surface area contributed by atoms with Gasteiger partial charge in [0.1, 0.15) is 11.9 Å². The first-order chi connectivity index (χ1) is 16.5. The van der Waals surface area contributed by atoms with Crippen molar-refractivity contribution < 1.29 is 18.4 Å². The minimum Gasteiger partial charge on any atom is -0.353 e. The highest BCUT2D eigenvalue weighted by atomic mass is 19.2. The largest absolute Gasteiger partial charge is 0.353 e. The molecular weight excluding hydrogens is 438 g/mol. The van der Waals surface area contributed by atoms with Gasteiger partial charge in [-0.25, -0.2) is 13.8 Å². The van der Waals surface area contributed by atoms with Crippen molar-refractivity contribution in [3.63, 3.8) is 0 Å². The van der Waals surface area contributed by atoms with Crippen LogP contribution in [0.5, 0.6) is 0 Å². The van der Waals surface area contributed by atoms with Crippen LogP contribution in [0.25, 0.3) is 0 Å². The monoisotopic (exact) mass is 456 g/mol. The molecule has 0 N–H and O–H groups in total. The molecule has 4 rings (SSSR count). The first-order valence-corrected chi connectivity index (χ1v) is 10.5. The highest BCUT2D eigenvalue weighted by molar-refractivity contribution is 5.94. The molecular formula is C26H18F2N4O2. The molecule has 1 saturated heterocycles. The molecule has 0 spiro atoms. The topological polar surface area (TPSA) is 77.3 Å². The molecule has 0 bridgehead atoms. The fraction of sp³-hybridized carbons (Fsp3) is 0.154. The fourth-order valence-electron chi connectivity index (χ4n) is 3.62. The molecule has 34 heavy (non-hydrogen) atoms. The normalized spacial score (nSPS) is 13.0. The van der Waals surface area contributed by atoms with Crippen molar-refractivity contribution in [2.75, 3.05) is 31.1 Å². The van der Waals surface area contributed by atoms with E-state index in [0.717, 1.165) is 11.9 Å². The fourth-order valence-corrected chi connectivity index (χ4v) is 3.62. The maximum atomic E-state index is 13.8. The van der Waals surface area contributed by atoms with Crippen molar-refractivity contribution in [1.29, 1.82) is 5.26 Å². The number of hydrogen-bond donors (Lipinski definition) is 0. The second-order valence-corrected chi connectivity index (χ2v) is 7.57. The standard InChI is InChI=1S/C26H18F2N4O2/c27-23-8-7-20(22(17-33)25(23)28)6-4-18-2-1-3-21(14-18)26(34)32-12-10-31(11-13-32)24-9-5-19(15-29)16-30-24/h1-3,5,7-9,14,16-17H,10-13H2. The Morgan fingerprint density at radius 1 is 1.00 bits per heavy atom. The number of aromatic nitrogens is 1. The van der Waals surface area contributed by atoms with Gasteiger partial charge in [-0.3, -0.25) is 9.59 Å². The van der Waals surface area contributed by atoms with E-state index in [1.165, 1.54) is 12.3 Å². The average molecular weight is 456 g/mol. The van der Waals surface area contributed by atoms with Gasteiger partial charge in [0.25, 0.3) is 5.91 Å². The lowest BCUT2D eigenvalue weighted by Gasteiger charge is -2.35. The molecule has 6 nitrogen and oxygen atoms in total. The van der Waals surface area contributed by atoms with Crippen molar-refractivity contribution in [3.05, 3.63) is 94.2 Å². The minimum absolute atomic E-state index is 0.0677. The number of carbonyl (C=O) groups excluding carboxylic acids is 2. The maximum Gasteiger partial charge on any atom is 0.254 e. The first kappa shape index (κ1) is 22.6. The van der Waals surface area contributed by atoms with E-state index in [1.807, 2.05) is 6.07 Å². The van der Waals surface area contributed by atoms with E-state index in [0.29, 0.717) is 42.9 Å². The molecule has 0 atom stereocenters. The van der Waals surface area contributed by atoms with Gasteiger partial charge in [-0.1, -0.05) is 17.9 Å². The molecule has 0 radical (unpaired) electrons. The van der Waals surface area contributed by atoms with E-state index in [1.54, 1.807) is 41.3 Å². The zero-order valence-electron chi connectivity index (χ0n) is 18.0. The Balaban J connectivity index is 1.45. The van der Waals surface area contributed by atoms with Crippen molar-refractivity contribution in [2.45, 2.75) is 0 Å². The van der Waals surface area contributed by atoms with Crippen LogP contribution in [-0.2, 0) is 0 Å². The second kappa shape index (κ2) is 9.93. The third kappa shape index (κ3) is 4.77. The number of benzene rings is 2. The quantitative estimate of drug-likeness (QED) is 0.446. The van der Waals surface area contributed by atoms with Crippen LogP contribution in [0.15, 0.2) is 54.7 Å². The molecule has 2 heterocycles. The van der Waals surface area contributed by atoms with Crippen molar-refractivity contribution in [3.8, 4) is 17.9 Å². The summed E-state index contributed by atoms with van der Waals surface area (Å²) in [6.07, 6.45) is 1.76. The molecule has 8 heteroatoms. The lowest BCUT2D eigenvalue weighted by molar-refractivity contribution is 0.0746. The summed E-state index contributed by atoms with van der Waals surface area (Å²) < 4.78 is 27.1. The Morgan fingerprint density at radius 2 is 1.79 bits per heavy atom. The number of halogens is 2. The number of nitriles is 1. The van der Waals surface area contributed by atoms with Gasteiger partial charge in [0.15, 0.2) is 17.9 Å². The SMILES string of the molecule is N#Cc1ccc(N2CCN(C(=O)c3cccc(C#Cc4ccc(F)c(F)c4C=O)c3)CC2)nc1. The van der Waals surface area contributed by atoms with Crippen molar-refractivity contribution >= 4 is 18.0 Å². The van der Waals surface area contributed by atoms with Gasteiger partial charge in [0.2, 0.25) is 0 Å². The summed E-state index contributed by atoms with van der Waals surface area (Å²) >= 11 is 0. The highest BCUT2D eigenvalue weighted by Gasteiger charge is 2.23. The number of rotatable bonds is 3. The molecule has 1 fully saturated rings. The Labute approximate surface area is 195 Å².